The van der Waals surface area contributed by atoms with E-state index in [1.54, 1.807) is 0 Å². The molecule has 2 fully saturated rings. The quantitative estimate of drug-likeness (QED) is 0.549. The Labute approximate surface area is 184 Å². The van der Waals surface area contributed by atoms with Gasteiger partial charge < -0.3 is 9.99 Å². The molecule has 1 aliphatic carbocycles. The van der Waals surface area contributed by atoms with Gasteiger partial charge in [-0.3, -0.25) is 0 Å². The lowest BCUT2D eigenvalue weighted by molar-refractivity contribution is 0.215. The van der Waals surface area contributed by atoms with Crippen LogP contribution in [-0.4, -0.2) is 37.6 Å². The molecule has 2 aromatic heterocycles. The summed E-state index contributed by atoms with van der Waals surface area (Å²) in [5.41, 5.74) is 5.31. The highest BCUT2D eigenvalue weighted by atomic mass is 35.5. The number of piperidine rings is 1. The molecular weight excluding hydrogens is 422 g/mol. The van der Waals surface area contributed by atoms with Crippen LogP contribution in [0.4, 0.5) is 14.6 Å². The van der Waals surface area contributed by atoms with E-state index in [9.17, 15) is 8.78 Å². The number of nitrogens with zero attached hydrogens (tertiary/aromatic N) is 5. The molecule has 1 saturated heterocycles. The van der Waals surface area contributed by atoms with Gasteiger partial charge in [-0.25, -0.2) is 18.8 Å². The second-order valence-corrected chi connectivity index (χ2v) is 8.92. The van der Waals surface area contributed by atoms with Crippen LogP contribution in [0.15, 0.2) is 24.5 Å². The van der Waals surface area contributed by atoms with Crippen molar-refractivity contribution in [1.82, 2.24) is 24.5 Å². The summed E-state index contributed by atoms with van der Waals surface area (Å²) in [6.07, 6.45) is 8.86. The van der Waals surface area contributed by atoms with E-state index in [1.807, 2.05) is 6.33 Å². The average Bonchev–Trinajstić information content (AvgIpc) is 3.42. The van der Waals surface area contributed by atoms with E-state index in [0.29, 0.717) is 29.8 Å². The second kappa shape index (κ2) is 8.67. The largest absolute Gasteiger partial charge is 0.312 e. The van der Waals surface area contributed by atoms with Crippen molar-refractivity contribution in [3.8, 4) is 0 Å². The highest BCUT2D eigenvalue weighted by Gasteiger charge is 2.24. The van der Waals surface area contributed by atoms with Gasteiger partial charge in [0.15, 0.2) is 17.0 Å². The molecule has 31 heavy (non-hydrogen) atoms. The molecule has 9 heteroatoms. The fourth-order valence-electron chi connectivity index (χ4n) is 4.83. The van der Waals surface area contributed by atoms with Crippen molar-refractivity contribution in [2.24, 2.45) is 5.92 Å². The van der Waals surface area contributed by atoms with Crippen molar-refractivity contribution in [3.63, 3.8) is 0 Å². The molecule has 6 nitrogen and oxygen atoms in total. The Bertz CT molecular complexity index is 1070. The first kappa shape index (κ1) is 20.6. The Morgan fingerprint density at radius 3 is 2.61 bits per heavy atom. The fourth-order valence-corrected chi connectivity index (χ4v) is 4.99. The average molecular weight is 447 g/mol. The third kappa shape index (κ3) is 4.36. The van der Waals surface area contributed by atoms with Crippen molar-refractivity contribution in [2.45, 2.75) is 51.0 Å². The minimum atomic E-state index is -0.391. The monoisotopic (exact) mass is 446 g/mol. The van der Waals surface area contributed by atoms with Crippen molar-refractivity contribution in [1.29, 1.82) is 0 Å². The van der Waals surface area contributed by atoms with Gasteiger partial charge in [0.2, 0.25) is 5.28 Å². The fraction of sp³-hybridized carbons (Fsp3) is 0.500. The van der Waals surface area contributed by atoms with Gasteiger partial charge in [0.1, 0.15) is 11.6 Å². The van der Waals surface area contributed by atoms with Crippen LogP contribution in [0.5, 0.6) is 0 Å². The number of fused-ring (bicyclic) bond motifs is 1. The van der Waals surface area contributed by atoms with Crippen LogP contribution in [0.25, 0.3) is 11.2 Å². The number of rotatable bonds is 5. The molecule has 1 N–H and O–H groups in total. The summed E-state index contributed by atoms with van der Waals surface area (Å²) in [5, 5.41) is 2.29. The maximum Gasteiger partial charge on any atom is 0.226 e. The number of nitrogens with one attached hydrogen (secondary N) is 1. The van der Waals surface area contributed by atoms with Crippen molar-refractivity contribution < 1.29 is 8.78 Å². The van der Waals surface area contributed by atoms with Gasteiger partial charge in [0, 0.05) is 19.1 Å². The second-order valence-electron chi connectivity index (χ2n) is 8.59. The van der Waals surface area contributed by atoms with Crippen LogP contribution >= 0.6 is 11.6 Å². The van der Waals surface area contributed by atoms with Gasteiger partial charge in [-0.1, -0.05) is 12.8 Å². The zero-order chi connectivity index (χ0) is 21.4. The van der Waals surface area contributed by atoms with Crippen molar-refractivity contribution in [3.05, 3.63) is 47.0 Å². The Kier molecular flexibility index (Phi) is 5.75. The van der Waals surface area contributed by atoms with Crippen LogP contribution in [0, 0.1) is 17.6 Å². The van der Waals surface area contributed by atoms with Crippen molar-refractivity contribution >= 4 is 28.6 Å². The Morgan fingerprint density at radius 1 is 1.06 bits per heavy atom. The summed E-state index contributed by atoms with van der Waals surface area (Å²) in [5.74, 6) is 0.196. The van der Waals surface area contributed by atoms with Gasteiger partial charge in [-0.2, -0.15) is 9.97 Å². The summed E-state index contributed by atoms with van der Waals surface area (Å²) in [4.78, 5) is 13.4. The lowest BCUT2D eigenvalue weighted by Gasteiger charge is -2.32. The van der Waals surface area contributed by atoms with E-state index >= 15 is 0 Å². The van der Waals surface area contributed by atoms with E-state index in [1.165, 1.54) is 25.0 Å². The standard InChI is InChI=1S/C22H25ClF2N6/c23-22-27-20(19-21(28-22)31(13-26-19)17-3-1-2-4-17)29-30-9-7-14(8-10-30)11-15-12-16(24)5-6-18(15)25/h5-6,12-14,17H,1-4,7-11H2,(H,27,28,29). The van der Waals surface area contributed by atoms with Gasteiger partial charge >= 0.3 is 0 Å². The molecule has 1 aliphatic heterocycles. The number of imidazole rings is 1. The first-order valence-electron chi connectivity index (χ1n) is 10.9. The molecule has 0 spiro atoms. The lowest BCUT2D eigenvalue weighted by Crippen LogP contribution is -2.38. The number of hydrogen-bond donors (Lipinski definition) is 1. The molecule has 0 amide bonds. The highest BCUT2D eigenvalue weighted by Crippen LogP contribution is 2.33. The van der Waals surface area contributed by atoms with Gasteiger partial charge in [-0.05, 0) is 73.4 Å². The van der Waals surface area contributed by atoms with Gasteiger partial charge in [0.05, 0.1) is 6.33 Å². The van der Waals surface area contributed by atoms with Crippen LogP contribution in [0.3, 0.4) is 0 Å². The normalized spacial score (nSPS) is 18.8. The maximum atomic E-state index is 14.0. The van der Waals surface area contributed by atoms with Crippen LogP contribution in [0.1, 0.15) is 50.1 Å². The predicted octanol–water partition coefficient (Wildman–Crippen LogP) is 5.15. The predicted molar refractivity (Wildman–Crippen MR) is 116 cm³/mol. The molecule has 164 valence electrons. The lowest BCUT2D eigenvalue weighted by atomic mass is 9.90. The third-order valence-electron chi connectivity index (χ3n) is 6.51. The number of halogens is 3. The van der Waals surface area contributed by atoms with E-state index < -0.39 is 5.82 Å². The molecule has 0 radical (unpaired) electrons. The van der Waals surface area contributed by atoms with Crippen molar-refractivity contribution in [2.75, 3.05) is 18.5 Å². The van der Waals surface area contributed by atoms with Gasteiger partial charge in [0.25, 0.3) is 0 Å². The molecule has 0 bridgehead atoms. The molecule has 2 aliphatic rings. The Balaban J connectivity index is 1.26. The first-order chi connectivity index (χ1) is 15.1. The molecule has 1 aromatic carbocycles. The zero-order valence-electron chi connectivity index (χ0n) is 17.2. The molecule has 3 aromatic rings. The molecule has 1 saturated carbocycles. The van der Waals surface area contributed by atoms with E-state index in [-0.39, 0.29) is 11.1 Å². The van der Waals surface area contributed by atoms with Crippen LogP contribution in [0.2, 0.25) is 5.28 Å². The third-order valence-corrected chi connectivity index (χ3v) is 6.68. The molecule has 0 atom stereocenters. The van der Waals surface area contributed by atoms with E-state index in [2.05, 4.69) is 30.0 Å². The number of aromatic nitrogens is 4. The van der Waals surface area contributed by atoms with E-state index in [0.717, 1.165) is 56.0 Å². The molecule has 0 unspecified atom stereocenters. The number of anilines is 1. The van der Waals surface area contributed by atoms with Crippen LogP contribution < -0.4 is 5.43 Å². The smallest absolute Gasteiger partial charge is 0.226 e. The number of hydrogen-bond acceptors (Lipinski definition) is 5. The Morgan fingerprint density at radius 2 is 1.84 bits per heavy atom. The van der Waals surface area contributed by atoms with Gasteiger partial charge in [-0.15, -0.1) is 0 Å². The molecule has 5 rings (SSSR count). The molecule has 3 heterocycles. The topological polar surface area (TPSA) is 58.9 Å². The maximum absolute atomic E-state index is 14.0. The highest BCUT2D eigenvalue weighted by molar-refractivity contribution is 6.28. The first-order valence-corrected chi connectivity index (χ1v) is 11.3. The minimum Gasteiger partial charge on any atom is -0.312 e. The SMILES string of the molecule is Fc1ccc(F)c(CC2CCN(Nc3nc(Cl)nc4c3ncn4C3CCCC3)CC2)c1. The Hall–Kier alpha value is -2.32. The summed E-state index contributed by atoms with van der Waals surface area (Å²) >= 11 is 6.23. The zero-order valence-corrected chi connectivity index (χ0v) is 18.0. The minimum absolute atomic E-state index is 0.200. The number of benzene rings is 1. The van der Waals surface area contributed by atoms with E-state index in [4.69, 9.17) is 11.6 Å². The summed E-state index contributed by atoms with van der Waals surface area (Å²) < 4.78 is 29.5. The summed E-state index contributed by atoms with van der Waals surface area (Å²) in [6, 6.07) is 4.09. The summed E-state index contributed by atoms with van der Waals surface area (Å²) in [6.45, 7) is 1.54. The summed E-state index contributed by atoms with van der Waals surface area (Å²) in [7, 11) is 0. The molecular formula is C22H25ClF2N6. The van der Waals surface area contributed by atoms with Crippen LogP contribution in [-0.2, 0) is 6.42 Å². The number of hydrazine groups is 1.